The highest BCUT2D eigenvalue weighted by atomic mass is 35.5. The van der Waals surface area contributed by atoms with Crippen molar-refractivity contribution in [2.24, 2.45) is 12.5 Å². The molecular formula is C39H48ClN7O5. The standard InChI is InChI=1S/C39H48ClN7O5/c1-25-20-30(8-9-32(25)52-33-10-11-34(48)43-36(33)49)46-16-12-39(13-17-46)14-18-47(19-15-39)37(50)27-6-4-26(5-7-27)28-21-29(24-44(2)23-28)42-31-22-41-45(3)38(51)35(31)40/h4-9,20,22,28-29,33,42H,10-19,21,23-24H2,1-3H3,(H,43,48,49)/t28-,29+,33?/m0/s1. The Labute approximate surface area is 309 Å². The van der Waals surface area contributed by atoms with Crippen LogP contribution in [0.15, 0.2) is 53.5 Å². The fraction of sp³-hybridized carbons (Fsp3) is 0.513. The first-order valence-corrected chi connectivity index (χ1v) is 18.8. The summed E-state index contributed by atoms with van der Waals surface area (Å²) in [5, 5.41) is 10.1. The Bertz CT molecular complexity index is 1880. The van der Waals surface area contributed by atoms with E-state index in [1.165, 1.54) is 10.2 Å². The molecule has 4 saturated heterocycles. The third kappa shape index (κ3) is 7.68. The number of aryl methyl sites for hydroxylation is 2. The second kappa shape index (κ2) is 14.9. The number of imide groups is 1. The van der Waals surface area contributed by atoms with E-state index in [9.17, 15) is 19.2 Å². The molecule has 1 aromatic heterocycles. The molecular weight excluding hydrogens is 682 g/mol. The number of halogens is 1. The first-order chi connectivity index (χ1) is 25.0. The number of anilines is 2. The zero-order valence-corrected chi connectivity index (χ0v) is 31.0. The van der Waals surface area contributed by atoms with Crippen molar-refractivity contribution >= 4 is 40.7 Å². The van der Waals surface area contributed by atoms with Gasteiger partial charge in [-0.1, -0.05) is 23.7 Å². The van der Waals surface area contributed by atoms with Crippen LogP contribution in [-0.4, -0.2) is 95.8 Å². The first kappa shape index (κ1) is 36.0. The molecule has 12 nitrogen and oxygen atoms in total. The zero-order valence-electron chi connectivity index (χ0n) is 30.2. The highest BCUT2D eigenvalue weighted by Crippen LogP contribution is 2.43. The predicted octanol–water partition coefficient (Wildman–Crippen LogP) is 4.35. The summed E-state index contributed by atoms with van der Waals surface area (Å²) >= 11 is 6.32. The van der Waals surface area contributed by atoms with Crippen molar-refractivity contribution in [2.45, 2.75) is 69.9 Å². The zero-order chi connectivity index (χ0) is 36.6. The van der Waals surface area contributed by atoms with E-state index in [1.807, 2.05) is 30.0 Å². The van der Waals surface area contributed by atoms with Gasteiger partial charge in [-0.15, -0.1) is 0 Å². The van der Waals surface area contributed by atoms with Crippen LogP contribution in [0.1, 0.15) is 72.3 Å². The van der Waals surface area contributed by atoms with E-state index < -0.39 is 6.10 Å². The Morgan fingerprint density at radius 3 is 2.38 bits per heavy atom. The smallest absolute Gasteiger partial charge is 0.287 e. The maximum Gasteiger partial charge on any atom is 0.287 e. The number of likely N-dealkylation sites (N-methyl/N-ethyl adjacent to an activating group) is 1. The van der Waals surface area contributed by atoms with Gasteiger partial charge in [0.05, 0.1) is 11.9 Å². The van der Waals surface area contributed by atoms with Crippen molar-refractivity contribution in [1.82, 2.24) is 24.9 Å². The summed E-state index contributed by atoms with van der Waals surface area (Å²) in [5.74, 6) is 0.418. The Morgan fingerprint density at radius 1 is 0.981 bits per heavy atom. The molecule has 4 fully saturated rings. The molecule has 5 heterocycles. The molecule has 1 spiro atoms. The van der Waals surface area contributed by atoms with Crippen LogP contribution in [0.3, 0.4) is 0 Å². The minimum Gasteiger partial charge on any atom is -0.480 e. The minimum absolute atomic E-state index is 0.0973. The van der Waals surface area contributed by atoms with Gasteiger partial charge >= 0.3 is 0 Å². The monoisotopic (exact) mass is 729 g/mol. The van der Waals surface area contributed by atoms with Crippen LogP contribution >= 0.6 is 11.6 Å². The minimum atomic E-state index is -0.645. The van der Waals surface area contributed by atoms with Gasteiger partial charge in [-0.2, -0.15) is 5.10 Å². The number of amides is 3. The second-order valence-electron chi connectivity index (χ2n) is 15.2. The maximum absolute atomic E-state index is 13.6. The molecule has 1 unspecified atom stereocenters. The van der Waals surface area contributed by atoms with Gasteiger partial charge in [0, 0.05) is 76.5 Å². The van der Waals surface area contributed by atoms with Crippen molar-refractivity contribution in [3.63, 3.8) is 0 Å². The number of hydrogen-bond donors (Lipinski definition) is 2. The third-order valence-electron chi connectivity index (χ3n) is 11.6. The molecule has 0 bridgehead atoms. The van der Waals surface area contributed by atoms with E-state index in [1.54, 1.807) is 13.2 Å². The second-order valence-corrected chi connectivity index (χ2v) is 15.6. The highest BCUT2D eigenvalue weighted by Gasteiger charge is 2.39. The van der Waals surface area contributed by atoms with E-state index in [0.29, 0.717) is 17.9 Å². The van der Waals surface area contributed by atoms with Crippen molar-refractivity contribution in [3.8, 4) is 5.75 Å². The van der Waals surface area contributed by atoms with Gasteiger partial charge in [-0.05, 0) is 98.9 Å². The molecule has 3 atom stereocenters. The highest BCUT2D eigenvalue weighted by molar-refractivity contribution is 6.32. The van der Waals surface area contributed by atoms with Crippen LogP contribution in [0.4, 0.5) is 11.4 Å². The molecule has 13 heteroatoms. The van der Waals surface area contributed by atoms with Gasteiger partial charge in [-0.25, -0.2) is 4.68 Å². The largest absolute Gasteiger partial charge is 0.480 e. The number of nitrogens with one attached hydrogen (secondary N) is 2. The molecule has 276 valence electrons. The molecule has 2 N–H and O–H groups in total. The molecule has 4 aliphatic heterocycles. The number of benzene rings is 2. The van der Waals surface area contributed by atoms with E-state index >= 15 is 0 Å². The van der Waals surface area contributed by atoms with Crippen molar-refractivity contribution in [3.05, 3.63) is 80.7 Å². The fourth-order valence-corrected chi connectivity index (χ4v) is 8.63. The summed E-state index contributed by atoms with van der Waals surface area (Å²) < 4.78 is 7.20. The summed E-state index contributed by atoms with van der Waals surface area (Å²) in [4.78, 5) is 56.2. The fourth-order valence-electron chi connectivity index (χ4n) is 8.40. The molecule has 7 rings (SSSR count). The molecule has 0 saturated carbocycles. The van der Waals surface area contributed by atoms with Gasteiger partial charge in [0.1, 0.15) is 10.8 Å². The average Bonchev–Trinajstić information content (AvgIpc) is 3.14. The third-order valence-corrected chi connectivity index (χ3v) is 12.0. The summed E-state index contributed by atoms with van der Waals surface area (Å²) in [6, 6.07) is 14.3. The summed E-state index contributed by atoms with van der Waals surface area (Å²) in [6.45, 7) is 7.18. The number of ether oxygens (including phenoxy) is 1. The van der Waals surface area contributed by atoms with E-state index in [-0.39, 0.29) is 52.1 Å². The van der Waals surface area contributed by atoms with Crippen molar-refractivity contribution < 1.29 is 19.1 Å². The van der Waals surface area contributed by atoms with Crippen LogP contribution in [0.5, 0.6) is 5.75 Å². The predicted molar refractivity (Wildman–Crippen MR) is 200 cm³/mol. The maximum atomic E-state index is 13.6. The molecule has 52 heavy (non-hydrogen) atoms. The van der Waals surface area contributed by atoms with E-state index in [0.717, 1.165) is 88.2 Å². The molecule has 4 aliphatic rings. The summed E-state index contributed by atoms with van der Waals surface area (Å²) in [7, 11) is 3.68. The lowest BCUT2D eigenvalue weighted by molar-refractivity contribution is -0.138. The van der Waals surface area contributed by atoms with Gasteiger partial charge in [0.15, 0.2) is 6.10 Å². The molecule has 0 aliphatic carbocycles. The van der Waals surface area contributed by atoms with Crippen molar-refractivity contribution in [1.29, 1.82) is 0 Å². The molecule has 3 amide bonds. The van der Waals surface area contributed by atoms with Crippen LogP contribution in [0.2, 0.25) is 5.02 Å². The SMILES string of the molecule is Cc1cc(N2CCC3(CCN(C(=O)c4ccc([C@H]5C[C@@H](Nc6cnn(C)c(=O)c6Cl)CN(C)C5)cc4)CC3)CC2)ccc1OC1CCC(=O)NC1=O. The number of hydrogen-bond acceptors (Lipinski definition) is 9. The molecule has 3 aromatic rings. The number of carbonyl (C=O) groups is 3. The van der Waals surface area contributed by atoms with Crippen LogP contribution in [0.25, 0.3) is 0 Å². The van der Waals surface area contributed by atoms with Crippen LogP contribution in [0, 0.1) is 12.3 Å². The van der Waals surface area contributed by atoms with Crippen LogP contribution in [-0.2, 0) is 16.6 Å². The first-order valence-electron chi connectivity index (χ1n) is 18.4. The average molecular weight is 730 g/mol. The lowest BCUT2D eigenvalue weighted by Crippen LogP contribution is -2.48. The number of piperidine rings is 4. The Morgan fingerprint density at radius 2 is 1.69 bits per heavy atom. The number of rotatable bonds is 7. The Hall–Kier alpha value is -4.42. The molecule has 2 aromatic carbocycles. The summed E-state index contributed by atoms with van der Waals surface area (Å²) in [5.41, 5.74) is 4.53. The summed E-state index contributed by atoms with van der Waals surface area (Å²) in [6.07, 6.45) is 6.72. The number of nitrogens with zero attached hydrogens (tertiary/aromatic N) is 5. The van der Waals surface area contributed by atoms with Crippen molar-refractivity contribution in [2.75, 3.05) is 56.5 Å². The van der Waals surface area contributed by atoms with Gasteiger partial charge < -0.3 is 24.8 Å². The quantitative estimate of drug-likeness (QED) is 0.341. The number of aromatic nitrogens is 2. The molecule has 0 radical (unpaired) electrons. The van der Waals surface area contributed by atoms with Gasteiger partial charge in [0.2, 0.25) is 5.91 Å². The van der Waals surface area contributed by atoms with Gasteiger partial charge in [0.25, 0.3) is 17.4 Å². The van der Waals surface area contributed by atoms with E-state index in [2.05, 4.69) is 56.8 Å². The Balaban J connectivity index is 0.897. The number of likely N-dealkylation sites (tertiary alicyclic amines) is 2. The van der Waals surface area contributed by atoms with E-state index in [4.69, 9.17) is 16.3 Å². The normalized spacial score (nSPS) is 23.7. The van der Waals surface area contributed by atoms with Crippen LogP contribution < -0.4 is 25.8 Å². The van der Waals surface area contributed by atoms with Gasteiger partial charge in [-0.3, -0.25) is 24.5 Å². The lowest BCUT2D eigenvalue weighted by Gasteiger charge is -2.47. The number of carbonyl (C=O) groups excluding carboxylic acids is 3. The lowest BCUT2D eigenvalue weighted by atomic mass is 9.71. The topological polar surface area (TPSA) is 129 Å². The Kier molecular flexibility index (Phi) is 10.3.